The molecular weight excluding hydrogens is 309 g/mol. The molecule has 0 unspecified atom stereocenters. The third kappa shape index (κ3) is 3.65. The van der Waals surface area contributed by atoms with E-state index >= 15 is 0 Å². The Hall–Kier alpha value is -2.90. The zero-order valence-corrected chi connectivity index (χ0v) is 12.1. The molecule has 0 fully saturated rings. The largest absolute Gasteiger partial charge is 0.497 e. The molecule has 0 aliphatic heterocycles. The van der Waals surface area contributed by atoms with Crippen LogP contribution in [0.5, 0.6) is 5.75 Å². The van der Waals surface area contributed by atoms with Crippen molar-refractivity contribution in [1.82, 2.24) is 0 Å². The molecule has 8 heteroatoms. The van der Waals surface area contributed by atoms with E-state index in [-0.39, 0.29) is 11.4 Å². The fraction of sp³-hybridized carbons (Fsp3) is 0.133. The van der Waals surface area contributed by atoms with Crippen LogP contribution in [0.2, 0.25) is 0 Å². The maximum atomic E-state index is 12.6. The van der Waals surface area contributed by atoms with Gasteiger partial charge in [0.25, 0.3) is 0 Å². The number of hydrogen-bond donors (Lipinski definition) is 2. The Bertz CT molecular complexity index is 696. The van der Waals surface area contributed by atoms with Gasteiger partial charge in [0.2, 0.25) is 0 Å². The molecule has 23 heavy (non-hydrogen) atoms. The minimum Gasteiger partial charge on any atom is -0.497 e. The molecule has 2 N–H and O–H groups in total. The van der Waals surface area contributed by atoms with Gasteiger partial charge in [-0.3, -0.25) is 5.41 Å². The Balaban J connectivity index is 2.27. The molecule has 0 aliphatic rings. The SMILES string of the molecule is COc1ccc(N(N=N)C(=N)c2ccc(C(F)(F)F)cc2)cc1. The van der Waals surface area contributed by atoms with Crippen LogP contribution >= 0.6 is 0 Å². The minimum absolute atomic E-state index is 0.209. The van der Waals surface area contributed by atoms with Crippen molar-refractivity contribution in [2.45, 2.75) is 6.18 Å². The van der Waals surface area contributed by atoms with E-state index in [2.05, 4.69) is 5.22 Å². The quantitative estimate of drug-likeness (QED) is 0.377. The zero-order chi connectivity index (χ0) is 17.0. The minimum atomic E-state index is -4.43. The van der Waals surface area contributed by atoms with Crippen LogP contribution in [0.1, 0.15) is 11.1 Å². The van der Waals surface area contributed by atoms with Gasteiger partial charge in [0, 0.05) is 5.56 Å². The molecule has 0 saturated carbocycles. The van der Waals surface area contributed by atoms with Crippen molar-refractivity contribution in [1.29, 1.82) is 10.9 Å². The highest BCUT2D eigenvalue weighted by Gasteiger charge is 2.30. The van der Waals surface area contributed by atoms with E-state index in [4.69, 9.17) is 15.7 Å². The molecule has 2 aromatic rings. The van der Waals surface area contributed by atoms with Crippen molar-refractivity contribution in [3.8, 4) is 5.75 Å². The number of halogens is 3. The molecule has 2 rings (SSSR count). The summed E-state index contributed by atoms with van der Waals surface area (Å²) in [4.78, 5) is 0. The number of anilines is 1. The molecule has 0 saturated heterocycles. The second-order valence-electron chi connectivity index (χ2n) is 4.53. The number of amidine groups is 1. The van der Waals surface area contributed by atoms with Crippen LogP contribution in [-0.4, -0.2) is 12.9 Å². The van der Waals surface area contributed by atoms with Crippen LogP contribution in [0.3, 0.4) is 0 Å². The smallest absolute Gasteiger partial charge is 0.416 e. The molecular formula is C15H13F3N4O. The number of nitrogens with zero attached hydrogens (tertiary/aromatic N) is 2. The van der Waals surface area contributed by atoms with E-state index in [1.165, 1.54) is 19.2 Å². The lowest BCUT2D eigenvalue weighted by Gasteiger charge is -2.18. The standard InChI is InChI=1S/C15H13F3N4O/c1-23-13-8-6-12(7-9-13)22(21-20)14(19)10-2-4-11(5-3-10)15(16,17)18/h2-9,19-20H,1H3. The molecule has 5 nitrogen and oxygen atoms in total. The van der Waals surface area contributed by atoms with Crippen LogP contribution in [0, 0.1) is 10.9 Å². The van der Waals surface area contributed by atoms with Gasteiger partial charge < -0.3 is 4.74 Å². The van der Waals surface area contributed by atoms with Crippen molar-refractivity contribution in [3.63, 3.8) is 0 Å². The van der Waals surface area contributed by atoms with Gasteiger partial charge in [-0.1, -0.05) is 17.4 Å². The van der Waals surface area contributed by atoms with Gasteiger partial charge in [-0.2, -0.15) is 23.7 Å². The Labute approximate surface area is 130 Å². The van der Waals surface area contributed by atoms with E-state index in [0.29, 0.717) is 11.4 Å². The first-order valence-corrected chi connectivity index (χ1v) is 6.44. The second kappa shape index (κ2) is 6.47. The Morgan fingerprint density at radius 2 is 1.61 bits per heavy atom. The summed E-state index contributed by atoms with van der Waals surface area (Å²) < 4.78 is 42.7. The van der Waals surface area contributed by atoms with Crippen molar-refractivity contribution in [2.24, 2.45) is 5.22 Å². The van der Waals surface area contributed by atoms with E-state index in [1.54, 1.807) is 24.3 Å². The second-order valence-corrected chi connectivity index (χ2v) is 4.53. The molecule has 120 valence electrons. The van der Waals surface area contributed by atoms with Gasteiger partial charge in [-0.05, 0) is 36.4 Å². The van der Waals surface area contributed by atoms with E-state index < -0.39 is 11.7 Å². The van der Waals surface area contributed by atoms with Crippen molar-refractivity contribution < 1.29 is 17.9 Å². The number of methoxy groups -OCH3 is 1. The molecule has 0 aromatic heterocycles. The van der Waals surface area contributed by atoms with Gasteiger partial charge in [0.05, 0.1) is 18.4 Å². The van der Waals surface area contributed by atoms with Crippen molar-refractivity contribution in [3.05, 3.63) is 59.7 Å². The van der Waals surface area contributed by atoms with Crippen LogP contribution in [-0.2, 0) is 6.18 Å². The van der Waals surface area contributed by atoms with Crippen LogP contribution in [0.15, 0.2) is 53.8 Å². The van der Waals surface area contributed by atoms with Crippen LogP contribution in [0.25, 0.3) is 0 Å². The average molecular weight is 322 g/mol. The highest BCUT2D eigenvalue weighted by Crippen LogP contribution is 2.29. The lowest BCUT2D eigenvalue weighted by Crippen LogP contribution is -2.24. The number of ether oxygens (including phenoxy) is 1. The number of rotatable bonds is 4. The summed E-state index contributed by atoms with van der Waals surface area (Å²) in [5.74, 6) is 0.388. The first-order valence-electron chi connectivity index (χ1n) is 6.44. The van der Waals surface area contributed by atoms with Gasteiger partial charge in [0.1, 0.15) is 5.75 Å². The summed E-state index contributed by atoms with van der Waals surface area (Å²) in [6.07, 6.45) is -4.43. The van der Waals surface area contributed by atoms with Gasteiger partial charge in [0.15, 0.2) is 5.84 Å². The lowest BCUT2D eigenvalue weighted by atomic mass is 10.1. The number of benzene rings is 2. The third-order valence-corrected chi connectivity index (χ3v) is 3.11. The summed E-state index contributed by atoms with van der Waals surface area (Å²) in [6, 6.07) is 10.6. The Kier molecular flexibility index (Phi) is 4.63. The predicted octanol–water partition coefficient (Wildman–Crippen LogP) is 4.49. The third-order valence-electron chi connectivity index (χ3n) is 3.11. The summed E-state index contributed by atoms with van der Waals surface area (Å²) in [5, 5.41) is 12.3. The first-order chi connectivity index (χ1) is 10.9. The molecule has 0 atom stereocenters. The van der Waals surface area contributed by atoms with Gasteiger partial charge in [-0.15, -0.1) is 0 Å². The van der Waals surface area contributed by atoms with E-state index in [1.807, 2.05) is 0 Å². The number of hydrogen-bond acceptors (Lipinski definition) is 4. The average Bonchev–Trinajstić information content (AvgIpc) is 2.55. The lowest BCUT2D eigenvalue weighted by molar-refractivity contribution is -0.137. The topological polar surface area (TPSA) is 72.5 Å². The molecule has 0 heterocycles. The molecule has 0 bridgehead atoms. The highest BCUT2D eigenvalue weighted by molar-refractivity contribution is 6.07. The van der Waals surface area contributed by atoms with Crippen molar-refractivity contribution in [2.75, 3.05) is 12.1 Å². The monoisotopic (exact) mass is 322 g/mol. The maximum Gasteiger partial charge on any atom is 0.416 e. The summed E-state index contributed by atoms with van der Waals surface area (Å²) in [6.45, 7) is 0. The molecule has 2 aromatic carbocycles. The van der Waals surface area contributed by atoms with Gasteiger partial charge in [-0.25, -0.2) is 0 Å². The van der Waals surface area contributed by atoms with Crippen molar-refractivity contribution >= 4 is 11.5 Å². The van der Waals surface area contributed by atoms with Crippen LogP contribution in [0.4, 0.5) is 18.9 Å². The number of nitrogens with one attached hydrogen (secondary N) is 2. The normalized spacial score (nSPS) is 11.0. The van der Waals surface area contributed by atoms with Crippen LogP contribution < -0.4 is 9.75 Å². The predicted molar refractivity (Wildman–Crippen MR) is 78.9 cm³/mol. The first kappa shape index (κ1) is 16.5. The Morgan fingerprint density at radius 1 is 1.04 bits per heavy atom. The summed E-state index contributed by atoms with van der Waals surface area (Å²) in [7, 11) is 1.51. The highest BCUT2D eigenvalue weighted by atomic mass is 19.4. The fourth-order valence-electron chi connectivity index (χ4n) is 1.90. The fourth-order valence-corrected chi connectivity index (χ4v) is 1.90. The van der Waals surface area contributed by atoms with E-state index in [9.17, 15) is 13.2 Å². The Morgan fingerprint density at radius 3 is 2.04 bits per heavy atom. The molecule has 0 amide bonds. The van der Waals surface area contributed by atoms with E-state index in [0.717, 1.165) is 17.1 Å². The van der Waals surface area contributed by atoms with Gasteiger partial charge >= 0.3 is 6.18 Å². The summed E-state index contributed by atoms with van der Waals surface area (Å²) >= 11 is 0. The molecule has 0 spiro atoms. The number of alkyl halides is 3. The molecule has 0 radical (unpaired) electrons. The zero-order valence-electron chi connectivity index (χ0n) is 12.1. The molecule has 0 aliphatic carbocycles. The summed E-state index contributed by atoms with van der Waals surface area (Å²) in [5.41, 5.74) is 7.05. The maximum absolute atomic E-state index is 12.6.